The summed E-state index contributed by atoms with van der Waals surface area (Å²) in [4.78, 5) is 47.5. The van der Waals surface area contributed by atoms with Crippen LogP contribution in [0.2, 0.25) is 0 Å². The van der Waals surface area contributed by atoms with Crippen LogP contribution in [-0.4, -0.2) is 47.4 Å². The minimum Gasteiger partial charge on any atom is -0.466 e. The van der Waals surface area contributed by atoms with Crippen molar-refractivity contribution in [1.82, 2.24) is 0 Å². The van der Waals surface area contributed by atoms with Crippen molar-refractivity contribution in [2.45, 2.75) is 39.4 Å². The Balaban J connectivity index is 3.42. The van der Waals surface area contributed by atoms with Gasteiger partial charge >= 0.3 is 11.9 Å². The van der Waals surface area contributed by atoms with Gasteiger partial charge in [-0.25, -0.2) is 4.79 Å². The lowest BCUT2D eigenvalue weighted by molar-refractivity contribution is -0.166. The molecular formula is C15H20O7. The summed E-state index contributed by atoms with van der Waals surface area (Å²) in [7, 11) is 1.15. The van der Waals surface area contributed by atoms with Crippen LogP contribution in [0.4, 0.5) is 0 Å². The quantitative estimate of drug-likeness (QED) is 0.583. The van der Waals surface area contributed by atoms with E-state index in [9.17, 15) is 24.3 Å². The zero-order valence-corrected chi connectivity index (χ0v) is 13.2. The fourth-order valence-corrected chi connectivity index (χ4v) is 2.98. The van der Waals surface area contributed by atoms with E-state index in [1.54, 1.807) is 0 Å². The van der Waals surface area contributed by atoms with Crippen molar-refractivity contribution in [1.29, 1.82) is 0 Å². The molecule has 0 saturated heterocycles. The first-order chi connectivity index (χ1) is 10.1. The van der Waals surface area contributed by atoms with Gasteiger partial charge in [-0.1, -0.05) is 6.08 Å². The Morgan fingerprint density at radius 2 is 1.82 bits per heavy atom. The van der Waals surface area contributed by atoms with Gasteiger partial charge in [0.1, 0.15) is 11.4 Å². The second-order valence-electron chi connectivity index (χ2n) is 5.42. The molecule has 0 aliphatic heterocycles. The Morgan fingerprint density at radius 1 is 1.27 bits per heavy atom. The molecule has 1 saturated carbocycles. The Bertz CT molecular complexity index is 544. The summed E-state index contributed by atoms with van der Waals surface area (Å²) in [6.07, 6.45) is -0.153. The number of carbonyl (C=O) groups is 4. The van der Waals surface area contributed by atoms with E-state index >= 15 is 0 Å². The van der Waals surface area contributed by atoms with Gasteiger partial charge in [-0.05, 0) is 20.8 Å². The number of Topliss-reactive ketones (excluding diaryl/α,β-unsaturated/α-hetero) is 2. The maximum absolute atomic E-state index is 12.6. The first kappa shape index (κ1) is 18.0. The smallest absolute Gasteiger partial charge is 0.334 e. The van der Waals surface area contributed by atoms with Crippen molar-refractivity contribution in [3.63, 3.8) is 0 Å². The number of methoxy groups -OCH3 is 1. The van der Waals surface area contributed by atoms with Crippen molar-refractivity contribution in [2.24, 2.45) is 11.8 Å². The van der Waals surface area contributed by atoms with Gasteiger partial charge < -0.3 is 14.6 Å². The van der Waals surface area contributed by atoms with Crippen LogP contribution < -0.4 is 0 Å². The van der Waals surface area contributed by atoms with E-state index in [4.69, 9.17) is 4.74 Å². The molecule has 4 atom stereocenters. The van der Waals surface area contributed by atoms with Crippen molar-refractivity contribution in [3.8, 4) is 0 Å². The summed E-state index contributed by atoms with van der Waals surface area (Å²) >= 11 is 0. The van der Waals surface area contributed by atoms with Crippen molar-refractivity contribution in [3.05, 3.63) is 11.6 Å². The van der Waals surface area contributed by atoms with Gasteiger partial charge in [-0.2, -0.15) is 0 Å². The molecule has 122 valence electrons. The number of aliphatic hydroxyl groups is 1. The average molecular weight is 312 g/mol. The number of ketones is 2. The molecule has 7 heteroatoms. The Labute approximate surface area is 128 Å². The molecule has 0 aromatic carbocycles. The molecule has 1 aliphatic carbocycles. The maximum atomic E-state index is 12.6. The number of ether oxygens (including phenoxy) is 2. The molecule has 22 heavy (non-hydrogen) atoms. The van der Waals surface area contributed by atoms with Crippen molar-refractivity contribution in [2.75, 3.05) is 7.11 Å². The minimum absolute atomic E-state index is 0.0392. The topological polar surface area (TPSA) is 107 Å². The fraction of sp³-hybridized carbons (Fsp3) is 0.600. The highest BCUT2D eigenvalue weighted by Gasteiger charge is 2.62. The number of carbonyl (C=O) groups excluding carboxylic acids is 4. The van der Waals surface area contributed by atoms with Crippen LogP contribution in [0.25, 0.3) is 0 Å². The molecule has 0 spiro atoms. The SMILES string of the molecule is C/C=C(/C(=O)OC)[C@H]1C(=O)[C@H](OC(C)=O)[C@](C)(O)[C@H]1C(C)=O. The normalized spacial score (nSPS) is 31.8. The van der Waals surface area contributed by atoms with Crippen LogP contribution >= 0.6 is 0 Å². The third-order valence-electron chi connectivity index (χ3n) is 3.85. The molecule has 1 N–H and O–H groups in total. The highest BCUT2D eigenvalue weighted by atomic mass is 16.6. The molecule has 7 nitrogen and oxygen atoms in total. The van der Waals surface area contributed by atoms with Crippen LogP contribution in [0.1, 0.15) is 27.7 Å². The van der Waals surface area contributed by atoms with Gasteiger partial charge in [0, 0.05) is 12.5 Å². The highest BCUT2D eigenvalue weighted by Crippen LogP contribution is 2.44. The van der Waals surface area contributed by atoms with Gasteiger partial charge in [0.05, 0.1) is 18.9 Å². The van der Waals surface area contributed by atoms with Crippen LogP contribution in [0, 0.1) is 11.8 Å². The third kappa shape index (κ3) is 2.94. The predicted octanol–water partition coefficient (Wildman–Crippen LogP) is 0.193. The minimum atomic E-state index is -1.90. The Morgan fingerprint density at radius 3 is 2.18 bits per heavy atom. The molecule has 0 bridgehead atoms. The number of esters is 2. The lowest BCUT2D eigenvalue weighted by atomic mass is 9.80. The Hall–Kier alpha value is -2.02. The molecule has 0 unspecified atom stereocenters. The lowest BCUT2D eigenvalue weighted by Gasteiger charge is -2.29. The van der Waals surface area contributed by atoms with Gasteiger partial charge in [0.25, 0.3) is 0 Å². The first-order valence-corrected chi connectivity index (χ1v) is 6.77. The van der Waals surface area contributed by atoms with E-state index in [0.717, 1.165) is 14.0 Å². The van der Waals surface area contributed by atoms with Gasteiger partial charge in [-0.3, -0.25) is 14.4 Å². The van der Waals surface area contributed by atoms with Crippen molar-refractivity contribution >= 4 is 23.5 Å². The number of hydrogen-bond acceptors (Lipinski definition) is 7. The average Bonchev–Trinajstić information content (AvgIpc) is 2.59. The molecule has 0 aromatic rings. The molecule has 0 heterocycles. The number of allylic oxidation sites excluding steroid dienone is 1. The van der Waals surface area contributed by atoms with E-state index in [1.807, 2.05) is 0 Å². The number of hydrogen-bond donors (Lipinski definition) is 1. The summed E-state index contributed by atoms with van der Waals surface area (Å²) in [6.45, 7) is 5.07. The summed E-state index contributed by atoms with van der Waals surface area (Å²) in [5.74, 6) is -5.13. The fourth-order valence-electron chi connectivity index (χ4n) is 2.98. The largest absolute Gasteiger partial charge is 0.466 e. The van der Waals surface area contributed by atoms with E-state index in [1.165, 1.54) is 26.8 Å². The van der Waals surface area contributed by atoms with Gasteiger partial charge in [0.15, 0.2) is 11.9 Å². The monoisotopic (exact) mass is 312 g/mol. The Kier molecular flexibility index (Phi) is 5.24. The van der Waals surface area contributed by atoms with Gasteiger partial charge in [0.2, 0.25) is 0 Å². The molecule has 1 fully saturated rings. The zero-order valence-electron chi connectivity index (χ0n) is 13.2. The van der Waals surface area contributed by atoms with E-state index in [0.29, 0.717) is 0 Å². The molecule has 1 rings (SSSR count). The van der Waals surface area contributed by atoms with E-state index < -0.39 is 47.0 Å². The summed E-state index contributed by atoms with van der Waals surface area (Å²) in [6, 6.07) is 0. The van der Waals surface area contributed by atoms with Crippen LogP contribution in [0.3, 0.4) is 0 Å². The standard InChI is InChI=1S/C15H20O7/c1-6-9(14(19)21-5)10-11(7(2)16)15(4,20)13(12(10)18)22-8(3)17/h6,10-11,13,20H,1-5H3/b9-6+/t10-,11+,13+,15-/m1/s1. The molecule has 0 radical (unpaired) electrons. The molecule has 1 aliphatic rings. The highest BCUT2D eigenvalue weighted by molar-refractivity contribution is 6.06. The first-order valence-electron chi connectivity index (χ1n) is 6.77. The summed E-state index contributed by atoms with van der Waals surface area (Å²) in [5.41, 5.74) is -1.94. The van der Waals surface area contributed by atoms with E-state index in [2.05, 4.69) is 4.74 Å². The molecular weight excluding hydrogens is 292 g/mol. The van der Waals surface area contributed by atoms with Crippen LogP contribution in [0.15, 0.2) is 11.6 Å². The van der Waals surface area contributed by atoms with Crippen LogP contribution in [-0.2, 0) is 28.7 Å². The molecule has 0 aromatic heterocycles. The maximum Gasteiger partial charge on any atom is 0.334 e. The number of rotatable bonds is 4. The predicted molar refractivity (Wildman–Crippen MR) is 74.6 cm³/mol. The van der Waals surface area contributed by atoms with Gasteiger partial charge in [-0.15, -0.1) is 0 Å². The summed E-state index contributed by atoms with van der Waals surface area (Å²) < 4.78 is 9.50. The van der Waals surface area contributed by atoms with E-state index in [-0.39, 0.29) is 5.57 Å². The second kappa shape index (κ2) is 6.39. The lowest BCUT2D eigenvalue weighted by Crippen LogP contribution is -2.46. The van der Waals surface area contributed by atoms with Crippen LogP contribution in [0.5, 0.6) is 0 Å². The van der Waals surface area contributed by atoms with Crippen molar-refractivity contribution < 1.29 is 33.8 Å². The second-order valence-corrected chi connectivity index (χ2v) is 5.42. The molecule has 0 amide bonds. The summed E-state index contributed by atoms with van der Waals surface area (Å²) in [5, 5.41) is 10.6. The third-order valence-corrected chi connectivity index (χ3v) is 3.85. The zero-order chi connectivity index (χ0) is 17.2.